The zero-order valence-electron chi connectivity index (χ0n) is 20.0. The molecule has 200 valence electrons. The molecule has 3 nitrogen and oxygen atoms in total. The topological polar surface area (TPSA) is 40.5 Å². The van der Waals surface area contributed by atoms with Crippen molar-refractivity contribution in [2.24, 2.45) is 11.8 Å². The summed E-state index contributed by atoms with van der Waals surface area (Å²) in [5, 5.41) is 9.28. The first kappa shape index (κ1) is 28.5. The van der Waals surface area contributed by atoms with Gasteiger partial charge in [0, 0.05) is 19.0 Å². The third-order valence-electron chi connectivity index (χ3n) is 6.58. The monoisotopic (exact) mass is 529 g/mol. The maximum Gasteiger partial charge on any atom is 0.416 e. The number of carboxylic acid groups (broad SMARTS) is 1. The molecule has 0 saturated carbocycles. The molecule has 1 fully saturated rings. The third kappa shape index (κ3) is 7.25. The summed E-state index contributed by atoms with van der Waals surface area (Å²) in [6, 6.07) is 0.553. The highest BCUT2D eigenvalue weighted by Gasteiger charge is 2.42. The number of hydrogen-bond acceptors (Lipinski definition) is 2. The van der Waals surface area contributed by atoms with Gasteiger partial charge in [-0.25, -0.2) is 4.39 Å². The fraction of sp³-hybridized carbons (Fsp3) is 0.444. The molecule has 1 aliphatic carbocycles. The number of benzene rings is 1. The lowest BCUT2D eigenvalue weighted by Crippen LogP contribution is -2.48. The third-order valence-corrected chi connectivity index (χ3v) is 6.58. The Labute approximate surface area is 210 Å². The summed E-state index contributed by atoms with van der Waals surface area (Å²) < 4.78 is 95.1. The van der Waals surface area contributed by atoms with Gasteiger partial charge in [0.25, 0.3) is 0 Å². The second kappa shape index (κ2) is 11.1. The maximum atomic E-state index is 13.9. The van der Waals surface area contributed by atoms with E-state index >= 15 is 0 Å². The van der Waals surface area contributed by atoms with Crippen LogP contribution in [0.25, 0.3) is 0 Å². The van der Waals surface area contributed by atoms with Crippen molar-refractivity contribution in [1.29, 1.82) is 0 Å². The van der Waals surface area contributed by atoms with Crippen molar-refractivity contribution in [1.82, 2.24) is 4.90 Å². The van der Waals surface area contributed by atoms with E-state index in [1.54, 1.807) is 11.8 Å². The number of hydrogen-bond donors (Lipinski definition) is 1. The Morgan fingerprint density at radius 2 is 1.92 bits per heavy atom. The SMILES string of the molecule is C=C(C)C#C[C@@H](c1ccc(F)cc1C(F)(F)F)N1CC[C@H](CC(=O)O)C[C@@H]1C1C=CC(C(F)(F)F)=CC1. The van der Waals surface area contributed by atoms with Crippen LogP contribution in [0.1, 0.15) is 49.8 Å². The second-order valence-electron chi connectivity index (χ2n) is 9.39. The molecule has 0 radical (unpaired) electrons. The van der Waals surface area contributed by atoms with Crippen LogP contribution in [0.3, 0.4) is 0 Å². The molecule has 0 spiro atoms. The van der Waals surface area contributed by atoms with Gasteiger partial charge < -0.3 is 5.11 Å². The molecule has 4 atom stereocenters. The van der Waals surface area contributed by atoms with Crippen molar-refractivity contribution in [2.45, 2.75) is 57.0 Å². The fourth-order valence-electron chi connectivity index (χ4n) is 4.94. The molecule has 10 heteroatoms. The molecular formula is C27H26F7NO2. The van der Waals surface area contributed by atoms with Gasteiger partial charge in [-0.2, -0.15) is 26.3 Å². The molecular weight excluding hydrogens is 503 g/mol. The van der Waals surface area contributed by atoms with Crippen LogP contribution < -0.4 is 0 Å². The summed E-state index contributed by atoms with van der Waals surface area (Å²) >= 11 is 0. The van der Waals surface area contributed by atoms with E-state index in [0.29, 0.717) is 18.1 Å². The lowest BCUT2D eigenvalue weighted by atomic mass is 9.78. The van der Waals surface area contributed by atoms with E-state index in [9.17, 15) is 40.6 Å². The molecule has 1 N–H and O–H groups in total. The normalized spacial score (nSPS) is 23.6. The van der Waals surface area contributed by atoms with E-state index in [4.69, 9.17) is 0 Å². The number of allylic oxidation sites excluding steroid dienone is 4. The van der Waals surface area contributed by atoms with Gasteiger partial charge in [-0.05, 0) is 61.3 Å². The van der Waals surface area contributed by atoms with Crippen molar-refractivity contribution >= 4 is 5.97 Å². The van der Waals surface area contributed by atoms with Crippen LogP contribution >= 0.6 is 0 Å². The fourth-order valence-corrected chi connectivity index (χ4v) is 4.94. The van der Waals surface area contributed by atoms with Gasteiger partial charge in [-0.1, -0.05) is 42.7 Å². The molecule has 37 heavy (non-hydrogen) atoms. The average molecular weight is 529 g/mol. The van der Waals surface area contributed by atoms with Gasteiger partial charge in [0.15, 0.2) is 0 Å². The average Bonchev–Trinajstić information content (AvgIpc) is 2.79. The zero-order valence-corrected chi connectivity index (χ0v) is 20.0. The molecule has 1 saturated heterocycles. The lowest BCUT2D eigenvalue weighted by Gasteiger charge is -2.46. The number of carboxylic acids is 1. The van der Waals surface area contributed by atoms with Gasteiger partial charge >= 0.3 is 18.3 Å². The largest absolute Gasteiger partial charge is 0.481 e. The lowest BCUT2D eigenvalue weighted by molar-refractivity contribution is -0.140. The number of halogens is 7. The number of nitrogens with zero attached hydrogens (tertiary/aromatic N) is 1. The Bertz CT molecular complexity index is 1150. The first-order valence-corrected chi connectivity index (χ1v) is 11.6. The van der Waals surface area contributed by atoms with Crippen LogP contribution in [0.5, 0.6) is 0 Å². The highest BCUT2D eigenvalue weighted by Crippen LogP contribution is 2.43. The smallest absolute Gasteiger partial charge is 0.416 e. The van der Waals surface area contributed by atoms with Crippen molar-refractivity contribution < 1.29 is 40.6 Å². The minimum absolute atomic E-state index is 0.0253. The summed E-state index contributed by atoms with van der Waals surface area (Å²) in [5.41, 5.74) is -1.91. The quantitative estimate of drug-likeness (QED) is 0.327. The molecule has 2 aliphatic rings. The van der Waals surface area contributed by atoms with E-state index in [0.717, 1.165) is 24.3 Å². The van der Waals surface area contributed by atoms with Gasteiger partial charge in [0.2, 0.25) is 0 Å². The van der Waals surface area contributed by atoms with Crippen LogP contribution in [-0.4, -0.2) is 34.7 Å². The molecule has 0 bridgehead atoms. The number of piperidine rings is 1. The molecule has 1 aromatic carbocycles. The van der Waals surface area contributed by atoms with Gasteiger partial charge in [-0.15, -0.1) is 0 Å². The summed E-state index contributed by atoms with van der Waals surface area (Å²) in [7, 11) is 0. The summed E-state index contributed by atoms with van der Waals surface area (Å²) in [5.74, 6) is 2.58. The summed E-state index contributed by atoms with van der Waals surface area (Å²) in [4.78, 5) is 13.0. The van der Waals surface area contributed by atoms with E-state index in [2.05, 4.69) is 18.4 Å². The highest BCUT2D eigenvalue weighted by molar-refractivity contribution is 5.67. The van der Waals surface area contributed by atoms with E-state index in [1.807, 2.05) is 0 Å². The standard InChI is InChI=1S/C27H26F7NO2/c1-16(2)3-10-23(21-9-8-20(28)15-22(21)27(32,33)34)35-12-11-17(14-25(36)37)13-24(35)18-4-6-19(7-5-18)26(29,30)31/h4,6-9,15,17-18,23-24H,1,5,11-14H2,2H3,(H,36,37)/t17-,18?,23-,24+/m0/s1. The van der Waals surface area contributed by atoms with Crippen LogP contribution in [0.4, 0.5) is 30.7 Å². The molecule has 1 aromatic rings. The van der Waals surface area contributed by atoms with Gasteiger partial charge in [0.05, 0.1) is 17.2 Å². The maximum absolute atomic E-state index is 13.9. The van der Waals surface area contributed by atoms with Crippen LogP contribution in [0.15, 0.2) is 54.2 Å². The van der Waals surface area contributed by atoms with Crippen molar-refractivity contribution in [3.8, 4) is 11.8 Å². The molecule has 1 heterocycles. The van der Waals surface area contributed by atoms with E-state index in [-0.39, 0.29) is 37.3 Å². The number of aliphatic carboxylic acids is 1. The van der Waals surface area contributed by atoms with Crippen molar-refractivity contribution in [3.63, 3.8) is 0 Å². The minimum Gasteiger partial charge on any atom is -0.481 e. The molecule has 1 unspecified atom stereocenters. The molecule has 0 amide bonds. The summed E-state index contributed by atoms with van der Waals surface area (Å²) in [6.07, 6.45) is -5.67. The summed E-state index contributed by atoms with van der Waals surface area (Å²) in [6.45, 7) is 5.40. The molecule has 1 aliphatic heterocycles. The highest BCUT2D eigenvalue weighted by atomic mass is 19.4. The number of carbonyl (C=O) groups is 1. The second-order valence-corrected chi connectivity index (χ2v) is 9.39. The zero-order chi connectivity index (χ0) is 27.5. The Kier molecular flexibility index (Phi) is 8.58. The Morgan fingerprint density at radius 1 is 1.22 bits per heavy atom. The van der Waals surface area contributed by atoms with Crippen LogP contribution in [0.2, 0.25) is 0 Å². The van der Waals surface area contributed by atoms with E-state index in [1.165, 1.54) is 6.08 Å². The van der Waals surface area contributed by atoms with Crippen molar-refractivity contribution in [2.75, 3.05) is 6.54 Å². The first-order valence-electron chi connectivity index (χ1n) is 11.6. The molecule has 3 rings (SSSR count). The number of rotatable bonds is 5. The Hall–Kier alpha value is -3.06. The van der Waals surface area contributed by atoms with Crippen molar-refractivity contribution in [3.05, 3.63) is 71.1 Å². The van der Waals surface area contributed by atoms with Crippen LogP contribution in [-0.2, 0) is 11.0 Å². The number of likely N-dealkylation sites (tertiary alicyclic amines) is 1. The van der Waals surface area contributed by atoms with Gasteiger partial charge in [-0.3, -0.25) is 9.69 Å². The predicted octanol–water partition coefficient (Wildman–Crippen LogP) is 7.09. The van der Waals surface area contributed by atoms with Gasteiger partial charge in [0.1, 0.15) is 5.82 Å². The Balaban J connectivity index is 2.08. The predicted molar refractivity (Wildman–Crippen MR) is 124 cm³/mol. The Morgan fingerprint density at radius 3 is 2.46 bits per heavy atom. The van der Waals surface area contributed by atoms with E-state index < -0.39 is 53.3 Å². The van der Waals surface area contributed by atoms with Crippen LogP contribution in [0, 0.1) is 29.5 Å². The number of alkyl halides is 6. The minimum atomic E-state index is -4.88. The first-order chi connectivity index (χ1) is 17.2. The molecule has 0 aromatic heterocycles.